The molecule has 0 spiro atoms. The van der Waals surface area contributed by atoms with Gasteiger partial charge in [0, 0.05) is 6.54 Å². The maximum atomic E-state index is 9.09. The van der Waals surface area contributed by atoms with E-state index in [2.05, 4.69) is 36.1 Å². The van der Waals surface area contributed by atoms with Crippen LogP contribution in [-0.2, 0) is 0 Å². The summed E-state index contributed by atoms with van der Waals surface area (Å²) in [6.07, 6.45) is 2.59. The molecule has 0 aromatic heterocycles. The second-order valence-electron chi connectivity index (χ2n) is 4.55. The fourth-order valence-electron chi connectivity index (χ4n) is 2.19. The molecule has 1 saturated heterocycles. The van der Waals surface area contributed by atoms with Crippen LogP contribution in [0.1, 0.15) is 24.0 Å². The van der Waals surface area contributed by atoms with Gasteiger partial charge in [-0.15, -0.1) is 0 Å². The van der Waals surface area contributed by atoms with Crippen LogP contribution in [0.3, 0.4) is 0 Å². The largest absolute Gasteiger partial charge is 0.383 e. The Kier molecular flexibility index (Phi) is 4.33. The van der Waals surface area contributed by atoms with Crippen LogP contribution in [0.4, 0.5) is 5.69 Å². The molecule has 2 nitrogen and oxygen atoms in total. The Balaban J connectivity index is 2.00. The van der Waals surface area contributed by atoms with Crippen LogP contribution >= 0.6 is 11.8 Å². The first-order valence-electron chi connectivity index (χ1n) is 6.12. The first-order valence-corrected chi connectivity index (χ1v) is 7.28. The monoisotopic (exact) mass is 246 g/mol. The molecular formula is C14H18N2S. The van der Waals surface area contributed by atoms with Crippen molar-refractivity contribution < 1.29 is 0 Å². The van der Waals surface area contributed by atoms with E-state index in [1.165, 1.54) is 24.3 Å². The van der Waals surface area contributed by atoms with E-state index < -0.39 is 0 Å². The molecule has 0 atom stereocenters. The lowest BCUT2D eigenvalue weighted by Gasteiger charge is -2.22. The first-order chi connectivity index (χ1) is 8.31. The fraction of sp³-hybridized carbons (Fsp3) is 0.500. The maximum Gasteiger partial charge on any atom is 0.101 e. The van der Waals surface area contributed by atoms with Crippen LogP contribution in [0.5, 0.6) is 0 Å². The van der Waals surface area contributed by atoms with Gasteiger partial charge in [0.15, 0.2) is 0 Å². The Hall–Kier alpha value is -1.14. The smallest absolute Gasteiger partial charge is 0.101 e. The van der Waals surface area contributed by atoms with Gasteiger partial charge in [0.05, 0.1) is 11.3 Å². The lowest BCUT2D eigenvalue weighted by Crippen LogP contribution is -2.19. The van der Waals surface area contributed by atoms with Gasteiger partial charge in [-0.3, -0.25) is 0 Å². The standard InChI is InChI=1S/C14H18N2S/c1-11-3-2-4-13(9-15)14(11)16-10-12-5-7-17-8-6-12/h2-4,12,16H,5-8,10H2,1H3. The minimum Gasteiger partial charge on any atom is -0.383 e. The summed E-state index contributed by atoms with van der Waals surface area (Å²) in [7, 11) is 0. The molecule has 90 valence electrons. The molecular weight excluding hydrogens is 228 g/mol. The Morgan fingerprint density at radius 2 is 2.18 bits per heavy atom. The van der Waals surface area contributed by atoms with Crippen molar-refractivity contribution in [2.45, 2.75) is 19.8 Å². The van der Waals surface area contributed by atoms with Crippen molar-refractivity contribution in [3.05, 3.63) is 29.3 Å². The number of benzene rings is 1. The summed E-state index contributed by atoms with van der Waals surface area (Å²) >= 11 is 2.05. The van der Waals surface area contributed by atoms with E-state index in [-0.39, 0.29) is 0 Å². The number of hydrogen-bond donors (Lipinski definition) is 1. The molecule has 1 aromatic rings. The molecule has 0 bridgehead atoms. The molecule has 0 saturated carbocycles. The van der Waals surface area contributed by atoms with Crippen molar-refractivity contribution >= 4 is 17.4 Å². The Morgan fingerprint density at radius 1 is 1.41 bits per heavy atom. The molecule has 1 fully saturated rings. The molecule has 0 radical (unpaired) electrons. The van der Waals surface area contributed by atoms with Crippen molar-refractivity contribution in [1.82, 2.24) is 0 Å². The molecule has 2 rings (SSSR count). The highest BCUT2D eigenvalue weighted by atomic mass is 32.2. The maximum absolute atomic E-state index is 9.09. The Bertz CT molecular complexity index is 417. The zero-order chi connectivity index (χ0) is 12.1. The number of nitrogens with zero attached hydrogens (tertiary/aromatic N) is 1. The number of anilines is 1. The van der Waals surface area contributed by atoms with E-state index in [1.54, 1.807) is 0 Å². The van der Waals surface area contributed by atoms with Crippen LogP contribution in [0.25, 0.3) is 0 Å². The normalized spacial score (nSPS) is 16.5. The van der Waals surface area contributed by atoms with Gasteiger partial charge in [0.1, 0.15) is 6.07 Å². The van der Waals surface area contributed by atoms with Crippen molar-refractivity contribution in [1.29, 1.82) is 5.26 Å². The molecule has 1 aromatic carbocycles. The number of hydrogen-bond acceptors (Lipinski definition) is 3. The van der Waals surface area contributed by atoms with Crippen molar-refractivity contribution in [3.63, 3.8) is 0 Å². The third-order valence-corrected chi connectivity index (χ3v) is 4.35. The van der Waals surface area contributed by atoms with Gasteiger partial charge in [0.25, 0.3) is 0 Å². The van der Waals surface area contributed by atoms with Crippen LogP contribution in [0, 0.1) is 24.2 Å². The molecule has 17 heavy (non-hydrogen) atoms. The summed E-state index contributed by atoms with van der Waals surface area (Å²) < 4.78 is 0. The molecule has 0 unspecified atom stereocenters. The number of thioether (sulfide) groups is 1. The van der Waals surface area contributed by atoms with Crippen LogP contribution in [-0.4, -0.2) is 18.1 Å². The Labute approximate surface area is 107 Å². The lowest BCUT2D eigenvalue weighted by molar-refractivity contribution is 0.516. The van der Waals surface area contributed by atoms with E-state index in [9.17, 15) is 0 Å². The van der Waals surface area contributed by atoms with E-state index in [0.29, 0.717) is 0 Å². The van der Waals surface area contributed by atoms with E-state index >= 15 is 0 Å². The number of rotatable bonds is 3. The predicted molar refractivity (Wildman–Crippen MR) is 74.4 cm³/mol. The van der Waals surface area contributed by atoms with Crippen LogP contribution < -0.4 is 5.32 Å². The summed E-state index contributed by atoms with van der Waals surface area (Å²) in [5.74, 6) is 3.33. The Morgan fingerprint density at radius 3 is 2.88 bits per heavy atom. The third-order valence-electron chi connectivity index (χ3n) is 3.30. The predicted octanol–water partition coefficient (Wildman–Crippen LogP) is 3.42. The van der Waals surface area contributed by atoms with Gasteiger partial charge in [-0.2, -0.15) is 17.0 Å². The lowest BCUT2D eigenvalue weighted by atomic mass is 10.0. The number of para-hydroxylation sites is 1. The molecule has 3 heteroatoms. The van der Waals surface area contributed by atoms with Gasteiger partial charge in [-0.05, 0) is 48.8 Å². The second-order valence-corrected chi connectivity index (χ2v) is 5.77. The summed E-state index contributed by atoms with van der Waals surface area (Å²) in [6, 6.07) is 8.13. The average Bonchev–Trinajstić information content (AvgIpc) is 2.38. The number of nitrogens with one attached hydrogen (secondary N) is 1. The molecule has 1 aliphatic rings. The fourth-order valence-corrected chi connectivity index (χ4v) is 3.40. The average molecular weight is 246 g/mol. The van der Waals surface area contributed by atoms with Crippen molar-refractivity contribution in [3.8, 4) is 6.07 Å². The highest BCUT2D eigenvalue weighted by Crippen LogP contribution is 2.25. The number of nitriles is 1. The third kappa shape index (κ3) is 3.17. The quantitative estimate of drug-likeness (QED) is 0.887. The molecule has 1 aliphatic heterocycles. The van der Waals surface area contributed by atoms with Crippen LogP contribution in [0.2, 0.25) is 0 Å². The molecule has 0 aliphatic carbocycles. The zero-order valence-electron chi connectivity index (χ0n) is 10.2. The topological polar surface area (TPSA) is 35.8 Å². The van der Waals surface area contributed by atoms with E-state index in [4.69, 9.17) is 5.26 Å². The summed E-state index contributed by atoms with van der Waals surface area (Å²) in [5, 5.41) is 12.6. The van der Waals surface area contributed by atoms with Gasteiger partial charge in [0.2, 0.25) is 0 Å². The number of aryl methyl sites for hydroxylation is 1. The summed E-state index contributed by atoms with van der Waals surface area (Å²) in [5.41, 5.74) is 2.94. The minimum atomic E-state index is 0.759. The molecule has 1 N–H and O–H groups in total. The first kappa shape index (κ1) is 12.3. The van der Waals surface area contributed by atoms with Crippen molar-refractivity contribution in [2.24, 2.45) is 5.92 Å². The molecule has 1 heterocycles. The summed E-state index contributed by atoms with van der Waals surface area (Å²) in [6.45, 7) is 3.06. The van der Waals surface area contributed by atoms with E-state index in [1.807, 2.05) is 12.1 Å². The van der Waals surface area contributed by atoms with Gasteiger partial charge in [-0.1, -0.05) is 12.1 Å². The van der Waals surface area contributed by atoms with Gasteiger partial charge in [-0.25, -0.2) is 0 Å². The van der Waals surface area contributed by atoms with Gasteiger partial charge >= 0.3 is 0 Å². The second kappa shape index (κ2) is 5.97. The summed E-state index contributed by atoms with van der Waals surface area (Å²) in [4.78, 5) is 0. The SMILES string of the molecule is Cc1cccc(C#N)c1NCC1CCSCC1. The zero-order valence-corrected chi connectivity index (χ0v) is 11.0. The van der Waals surface area contributed by atoms with E-state index in [0.717, 1.165) is 29.3 Å². The van der Waals surface area contributed by atoms with Crippen LogP contribution in [0.15, 0.2) is 18.2 Å². The highest BCUT2D eigenvalue weighted by Gasteiger charge is 2.14. The molecule has 0 amide bonds. The minimum absolute atomic E-state index is 0.759. The highest BCUT2D eigenvalue weighted by molar-refractivity contribution is 7.99. The van der Waals surface area contributed by atoms with Crippen molar-refractivity contribution in [2.75, 3.05) is 23.4 Å². The van der Waals surface area contributed by atoms with Gasteiger partial charge < -0.3 is 5.32 Å².